The number of aliphatic carboxylic acids is 1. The van der Waals surface area contributed by atoms with Crippen LogP contribution in [0.15, 0.2) is 11.6 Å². The normalized spacial score (nSPS) is 15.1. The first-order valence-corrected chi connectivity index (χ1v) is 6.35. The average Bonchev–Trinajstić information content (AvgIpc) is 2.79. The first kappa shape index (κ1) is 14.5. The molecule has 0 aromatic heterocycles. The number of allylic oxidation sites excluding steroid dienone is 1. The molecule has 1 aliphatic carbocycles. The number of carbonyl (C=O) groups excluding carboxylic acids is 1. The van der Waals surface area contributed by atoms with Crippen molar-refractivity contribution in [2.75, 3.05) is 13.1 Å². The monoisotopic (exact) mass is 254 g/mol. The number of carboxylic acid groups (broad SMARTS) is 1. The Morgan fingerprint density at radius 2 is 2.11 bits per heavy atom. The van der Waals surface area contributed by atoms with Crippen LogP contribution in [0, 0.1) is 5.41 Å². The Labute approximate surface area is 108 Å². The van der Waals surface area contributed by atoms with Gasteiger partial charge in [0.15, 0.2) is 0 Å². The highest BCUT2D eigenvalue weighted by atomic mass is 16.4. The first-order chi connectivity index (χ1) is 8.42. The number of nitrogens with one attached hydrogen (secondary N) is 2. The van der Waals surface area contributed by atoms with Gasteiger partial charge in [0.1, 0.15) is 0 Å². The van der Waals surface area contributed by atoms with Gasteiger partial charge in [0.05, 0.1) is 5.41 Å². The third kappa shape index (κ3) is 4.77. The third-order valence-corrected chi connectivity index (χ3v) is 3.14. The van der Waals surface area contributed by atoms with Gasteiger partial charge in [-0.2, -0.15) is 0 Å². The molecule has 0 aromatic rings. The first-order valence-electron chi connectivity index (χ1n) is 6.35. The lowest BCUT2D eigenvalue weighted by Gasteiger charge is -2.19. The highest BCUT2D eigenvalue weighted by molar-refractivity contribution is 5.77. The quantitative estimate of drug-likeness (QED) is 0.633. The van der Waals surface area contributed by atoms with Gasteiger partial charge in [0, 0.05) is 13.1 Å². The molecule has 0 aliphatic heterocycles. The van der Waals surface area contributed by atoms with E-state index in [1.54, 1.807) is 13.8 Å². The van der Waals surface area contributed by atoms with E-state index in [1.165, 1.54) is 12.0 Å². The third-order valence-electron chi connectivity index (χ3n) is 3.14. The summed E-state index contributed by atoms with van der Waals surface area (Å²) in [5.41, 5.74) is 0.465. The van der Waals surface area contributed by atoms with E-state index in [-0.39, 0.29) is 12.6 Å². The molecule has 0 aromatic carbocycles. The molecule has 0 saturated heterocycles. The molecule has 3 N–H and O–H groups in total. The van der Waals surface area contributed by atoms with Crippen LogP contribution in [0.25, 0.3) is 0 Å². The largest absolute Gasteiger partial charge is 0.481 e. The Balaban J connectivity index is 2.15. The van der Waals surface area contributed by atoms with Gasteiger partial charge in [-0.15, -0.1) is 0 Å². The maximum atomic E-state index is 11.5. The van der Waals surface area contributed by atoms with Gasteiger partial charge in [-0.05, 0) is 39.5 Å². The van der Waals surface area contributed by atoms with E-state index < -0.39 is 11.4 Å². The van der Waals surface area contributed by atoms with Gasteiger partial charge >= 0.3 is 12.0 Å². The Hall–Kier alpha value is -1.52. The zero-order chi connectivity index (χ0) is 13.6. The van der Waals surface area contributed by atoms with E-state index in [0.29, 0.717) is 6.54 Å². The van der Waals surface area contributed by atoms with Gasteiger partial charge < -0.3 is 15.7 Å². The van der Waals surface area contributed by atoms with Crippen LogP contribution in [-0.2, 0) is 4.79 Å². The second-order valence-corrected chi connectivity index (χ2v) is 5.30. The summed E-state index contributed by atoms with van der Waals surface area (Å²) in [5, 5.41) is 14.2. The summed E-state index contributed by atoms with van der Waals surface area (Å²) in [6.45, 7) is 3.89. The molecule has 0 saturated carbocycles. The average molecular weight is 254 g/mol. The van der Waals surface area contributed by atoms with E-state index in [9.17, 15) is 9.59 Å². The molecule has 0 spiro atoms. The van der Waals surface area contributed by atoms with Crippen molar-refractivity contribution in [3.63, 3.8) is 0 Å². The van der Waals surface area contributed by atoms with Gasteiger partial charge in [0.2, 0.25) is 0 Å². The number of rotatable bonds is 6. The number of urea groups is 1. The molecule has 102 valence electrons. The molecule has 5 heteroatoms. The smallest absolute Gasteiger partial charge is 0.314 e. The van der Waals surface area contributed by atoms with Gasteiger partial charge in [0.25, 0.3) is 0 Å². The highest BCUT2D eigenvalue weighted by Gasteiger charge is 2.27. The van der Waals surface area contributed by atoms with E-state index in [1.807, 2.05) is 0 Å². The SMILES string of the molecule is CC(C)(CNC(=O)NCCC1=CCCC1)C(=O)O. The minimum atomic E-state index is -0.939. The Morgan fingerprint density at radius 1 is 1.39 bits per heavy atom. The molecule has 1 rings (SSSR count). The van der Waals surface area contributed by atoms with Crippen molar-refractivity contribution in [3.05, 3.63) is 11.6 Å². The fourth-order valence-electron chi connectivity index (χ4n) is 1.74. The standard InChI is InChI=1S/C13H22N2O3/c1-13(2,11(16)17)9-15-12(18)14-8-7-10-5-3-4-6-10/h5H,3-4,6-9H2,1-2H3,(H,16,17)(H2,14,15,18). The van der Waals surface area contributed by atoms with Gasteiger partial charge in [-0.25, -0.2) is 4.79 Å². The molecule has 0 bridgehead atoms. The van der Waals surface area contributed by atoms with Crippen LogP contribution in [0.1, 0.15) is 39.5 Å². The van der Waals surface area contributed by atoms with E-state index in [0.717, 1.165) is 19.3 Å². The molecule has 0 fully saturated rings. The van der Waals surface area contributed by atoms with Crippen molar-refractivity contribution in [1.29, 1.82) is 0 Å². The fraction of sp³-hybridized carbons (Fsp3) is 0.692. The summed E-state index contributed by atoms with van der Waals surface area (Å²) < 4.78 is 0. The lowest BCUT2D eigenvalue weighted by atomic mass is 9.94. The van der Waals surface area contributed by atoms with Gasteiger partial charge in [-0.3, -0.25) is 4.79 Å². The maximum Gasteiger partial charge on any atom is 0.314 e. The molecule has 0 unspecified atom stereocenters. The molecule has 0 heterocycles. The molecule has 2 amide bonds. The minimum absolute atomic E-state index is 0.122. The predicted molar refractivity (Wildman–Crippen MR) is 69.4 cm³/mol. The molecular weight excluding hydrogens is 232 g/mol. The topological polar surface area (TPSA) is 78.4 Å². The lowest BCUT2D eigenvalue weighted by Crippen LogP contribution is -2.43. The summed E-state index contributed by atoms with van der Waals surface area (Å²) in [4.78, 5) is 22.3. The molecule has 1 aliphatic rings. The van der Waals surface area contributed by atoms with Crippen LogP contribution in [0.3, 0.4) is 0 Å². The number of carboxylic acids is 1. The van der Waals surface area contributed by atoms with Crippen LogP contribution in [0.2, 0.25) is 0 Å². The zero-order valence-electron chi connectivity index (χ0n) is 11.1. The molecule has 0 radical (unpaired) electrons. The maximum absolute atomic E-state index is 11.5. The van der Waals surface area contributed by atoms with Crippen molar-refractivity contribution < 1.29 is 14.7 Å². The minimum Gasteiger partial charge on any atom is -0.481 e. The second kappa shape index (κ2) is 6.42. The molecule has 0 atom stereocenters. The zero-order valence-corrected chi connectivity index (χ0v) is 11.1. The number of hydrogen-bond donors (Lipinski definition) is 3. The van der Waals surface area contributed by atoms with Crippen LogP contribution in [0.4, 0.5) is 4.79 Å². The van der Waals surface area contributed by atoms with Crippen LogP contribution in [0.5, 0.6) is 0 Å². The van der Waals surface area contributed by atoms with E-state index in [2.05, 4.69) is 16.7 Å². The number of hydrogen-bond acceptors (Lipinski definition) is 2. The summed E-state index contributed by atoms with van der Waals surface area (Å²) in [6.07, 6.45) is 6.61. The van der Waals surface area contributed by atoms with E-state index >= 15 is 0 Å². The second-order valence-electron chi connectivity index (χ2n) is 5.30. The summed E-state index contributed by atoms with van der Waals surface area (Å²) in [5.74, 6) is -0.918. The Bertz CT molecular complexity index is 348. The van der Waals surface area contributed by atoms with Gasteiger partial charge in [-0.1, -0.05) is 11.6 Å². The molecular formula is C13H22N2O3. The van der Waals surface area contributed by atoms with Crippen molar-refractivity contribution in [3.8, 4) is 0 Å². The Morgan fingerprint density at radius 3 is 2.67 bits per heavy atom. The molecule has 18 heavy (non-hydrogen) atoms. The lowest BCUT2D eigenvalue weighted by molar-refractivity contribution is -0.146. The Kier molecular flexibility index (Phi) is 5.19. The number of amides is 2. The van der Waals surface area contributed by atoms with Crippen molar-refractivity contribution in [1.82, 2.24) is 10.6 Å². The summed E-state index contributed by atoms with van der Waals surface area (Å²) >= 11 is 0. The number of carbonyl (C=O) groups is 2. The van der Waals surface area contributed by atoms with Crippen LogP contribution >= 0.6 is 0 Å². The van der Waals surface area contributed by atoms with Crippen LogP contribution < -0.4 is 10.6 Å². The van der Waals surface area contributed by atoms with Crippen LogP contribution in [-0.4, -0.2) is 30.2 Å². The van der Waals surface area contributed by atoms with Crippen molar-refractivity contribution in [2.45, 2.75) is 39.5 Å². The van der Waals surface area contributed by atoms with Crippen molar-refractivity contribution in [2.24, 2.45) is 5.41 Å². The summed E-state index contributed by atoms with van der Waals surface area (Å²) in [7, 11) is 0. The van der Waals surface area contributed by atoms with Crippen molar-refractivity contribution >= 4 is 12.0 Å². The molecule has 5 nitrogen and oxygen atoms in total. The highest BCUT2D eigenvalue weighted by Crippen LogP contribution is 2.19. The fourth-order valence-corrected chi connectivity index (χ4v) is 1.74. The van der Waals surface area contributed by atoms with E-state index in [4.69, 9.17) is 5.11 Å². The summed E-state index contributed by atoms with van der Waals surface area (Å²) in [6, 6.07) is -0.303. The predicted octanol–water partition coefficient (Wildman–Crippen LogP) is 1.90.